The van der Waals surface area contributed by atoms with Crippen molar-refractivity contribution < 1.29 is 23.8 Å². The summed E-state index contributed by atoms with van der Waals surface area (Å²) in [5, 5.41) is 3.07. The highest BCUT2D eigenvalue weighted by molar-refractivity contribution is 6.34. The molecule has 3 rings (SSSR count). The van der Waals surface area contributed by atoms with Crippen molar-refractivity contribution in [1.82, 2.24) is 10.2 Å². The smallest absolute Gasteiger partial charge is 0.270 e. The Morgan fingerprint density at radius 1 is 1.06 bits per heavy atom. The molecule has 8 heteroatoms. The summed E-state index contributed by atoms with van der Waals surface area (Å²) in [7, 11) is 4.54. The zero-order valence-electron chi connectivity index (χ0n) is 19.3. The van der Waals surface area contributed by atoms with Gasteiger partial charge in [-0.2, -0.15) is 0 Å². The standard InChI is InChI=1S/C25H29ClN2O5/c1-16-8-7-13-28(15-16)25(30)20(27-24(29)18-9-5-6-10-19(18)26)14-17-11-12-21(31-2)23(33-4)22(17)32-3/h5-6,9-12,14,16H,7-8,13,15H2,1-4H3,(H,27,29). The summed E-state index contributed by atoms with van der Waals surface area (Å²) in [6.07, 6.45) is 3.58. The maximum absolute atomic E-state index is 13.5. The van der Waals surface area contributed by atoms with Gasteiger partial charge in [0, 0.05) is 18.7 Å². The lowest BCUT2D eigenvalue weighted by Crippen LogP contribution is -2.43. The number of methoxy groups -OCH3 is 3. The Balaban J connectivity index is 2.05. The van der Waals surface area contributed by atoms with Crippen LogP contribution in [0.3, 0.4) is 0 Å². The third-order valence-corrected chi connectivity index (χ3v) is 5.91. The van der Waals surface area contributed by atoms with Crippen molar-refractivity contribution in [3.63, 3.8) is 0 Å². The number of carbonyl (C=O) groups is 2. The first-order chi connectivity index (χ1) is 15.9. The molecule has 0 aliphatic carbocycles. The fourth-order valence-corrected chi connectivity index (χ4v) is 4.15. The number of nitrogens with zero attached hydrogens (tertiary/aromatic N) is 1. The van der Waals surface area contributed by atoms with Crippen LogP contribution in [-0.2, 0) is 4.79 Å². The normalized spacial score (nSPS) is 16.2. The minimum Gasteiger partial charge on any atom is -0.493 e. The summed E-state index contributed by atoms with van der Waals surface area (Å²) < 4.78 is 16.4. The summed E-state index contributed by atoms with van der Waals surface area (Å²) in [4.78, 5) is 28.3. The molecule has 2 aromatic rings. The number of rotatable bonds is 7. The van der Waals surface area contributed by atoms with E-state index < -0.39 is 5.91 Å². The van der Waals surface area contributed by atoms with Gasteiger partial charge in [-0.05, 0) is 49.1 Å². The van der Waals surface area contributed by atoms with Crippen LogP contribution >= 0.6 is 11.6 Å². The molecule has 7 nitrogen and oxygen atoms in total. The molecule has 2 amide bonds. The Labute approximate surface area is 199 Å². The van der Waals surface area contributed by atoms with Gasteiger partial charge < -0.3 is 24.4 Å². The van der Waals surface area contributed by atoms with Gasteiger partial charge in [-0.25, -0.2) is 0 Å². The molecule has 1 heterocycles. The Bertz CT molecular complexity index is 1050. The molecule has 1 N–H and O–H groups in total. The highest BCUT2D eigenvalue weighted by Gasteiger charge is 2.26. The molecule has 1 saturated heterocycles. The quantitative estimate of drug-likeness (QED) is 0.604. The van der Waals surface area contributed by atoms with Crippen LogP contribution in [0.2, 0.25) is 5.02 Å². The summed E-state index contributed by atoms with van der Waals surface area (Å²) in [6, 6.07) is 10.2. The van der Waals surface area contributed by atoms with Crippen molar-refractivity contribution in [2.45, 2.75) is 19.8 Å². The van der Waals surface area contributed by atoms with Crippen LogP contribution in [0, 0.1) is 5.92 Å². The van der Waals surface area contributed by atoms with Gasteiger partial charge in [0.25, 0.3) is 11.8 Å². The summed E-state index contributed by atoms with van der Waals surface area (Å²) in [5.74, 6) is 0.928. The number of piperidine rings is 1. The predicted octanol–water partition coefficient (Wildman–Crippen LogP) is 4.40. The van der Waals surface area contributed by atoms with E-state index in [1.807, 2.05) is 0 Å². The lowest BCUT2D eigenvalue weighted by Gasteiger charge is -2.31. The van der Waals surface area contributed by atoms with Crippen LogP contribution in [-0.4, -0.2) is 51.1 Å². The monoisotopic (exact) mass is 472 g/mol. The number of likely N-dealkylation sites (tertiary alicyclic amines) is 1. The van der Waals surface area contributed by atoms with E-state index in [1.54, 1.807) is 47.4 Å². The van der Waals surface area contributed by atoms with Crippen LogP contribution < -0.4 is 19.5 Å². The molecule has 0 aromatic heterocycles. The van der Waals surface area contributed by atoms with Gasteiger partial charge in [0.1, 0.15) is 5.70 Å². The molecule has 1 aliphatic heterocycles. The van der Waals surface area contributed by atoms with E-state index in [9.17, 15) is 9.59 Å². The maximum Gasteiger partial charge on any atom is 0.270 e. The largest absolute Gasteiger partial charge is 0.493 e. The van der Waals surface area contributed by atoms with Crippen LogP contribution in [0.25, 0.3) is 6.08 Å². The van der Waals surface area contributed by atoms with Crippen molar-refractivity contribution in [3.8, 4) is 17.2 Å². The van der Waals surface area contributed by atoms with E-state index in [4.69, 9.17) is 25.8 Å². The first kappa shape index (κ1) is 24.5. The highest BCUT2D eigenvalue weighted by Crippen LogP contribution is 2.40. The van der Waals surface area contributed by atoms with Gasteiger partial charge in [-0.1, -0.05) is 30.7 Å². The number of ether oxygens (including phenoxy) is 3. The number of hydrogen-bond donors (Lipinski definition) is 1. The van der Waals surface area contributed by atoms with Crippen molar-refractivity contribution in [2.75, 3.05) is 34.4 Å². The molecule has 33 heavy (non-hydrogen) atoms. The fraction of sp³-hybridized carbons (Fsp3) is 0.360. The number of carbonyl (C=O) groups excluding carboxylic acids is 2. The molecule has 0 bridgehead atoms. The lowest BCUT2D eigenvalue weighted by atomic mass is 10.00. The maximum atomic E-state index is 13.5. The van der Waals surface area contributed by atoms with Gasteiger partial charge in [-0.3, -0.25) is 9.59 Å². The second-order valence-electron chi connectivity index (χ2n) is 7.91. The summed E-state index contributed by atoms with van der Waals surface area (Å²) >= 11 is 6.20. The minimum absolute atomic E-state index is 0.125. The van der Waals surface area contributed by atoms with Crippen LogP contribution in [0.4, 0.5) is 0 Å². The van der Waals surface area contributed by atoms with Crippen LogP contribution in [0.1, 0.15) is 35.7 Å². The van der Waals surface area contributed by atoms with E-state index >= 15 is 0 Å². The van der Waals surface area contributed by atoms with E-state index in [0.29, 0.717) is 46.8 Å². The van der Waals surface area contributed by atoms with Gasteiger partial charge in [0.2, 0.25) is 5.75 Å². The number of amides is 2. The molecule has 2 aromatic carbocycles. The van der Waals surface area contributed by atoms with Crippen molar-refractivity contribution >= 4 is 29.5 Å². The molecule has 1 aliphatic rings. The van der Waals surface area contributed by atoms with E-state index in [1.165, 1.54) is 21.3 Å². The van der Waals surface area contributed by atoms with Gasteiger partial charge in [0.15, 0.2) is 11.5 Å². The van der Waals surface area contributed by atoms with Crippen molar-refractivity contribution in [1.29, 1.82) is 0 Å². The second-order valence-corrected chi connectivity index (χ2v) is 8.32. The van der Waals surface area contributed by atoms with Crippen LogP contribution in [0.15, 0.2) is 42.1 Å². The molecule has 176 valence electrons. The number of benzene rings is 2. The summed E-state index contributed by atoms with van der Waals surface area (Å²) in [5.41, 5.74) is 0.965. The predicted molar refractivity (Wildman–Crippen MR) is 128 cm³/mol. The first-order valence-electron chi connectivity index (χ1n) is 10.7. The third-order valence-electron chi connectivity index (χ3n) is 5.58. The first-order valence-corrected chi connectivity index (χ1v) is 11.1. The molecule has 0 saturated carbocycles. The molecular weight excluding hydrogens is 444 g/mol. The molecule has 0 spiro atoms. The van der Waals surface area contributed by atoms with E-state index in [0.717, 1.165) is 12.8 Å². The van der Waals surface area contributed by atoms with E-state index in [2.05, 4.69) is 12.2 Å². The Morgan fingerprint density at radius 3 is 2.42 bits per heavy atom. The molecule has 1 atom stereocenters. The van der Waals surface area contributed by atoms with Crippen LogP contribution in [0.5, 0.6) is 17.2 Å². The molecular formula is C25H29ClN2O5. The third kappa shape index (κ3) is 5.60. The molecule has 1 fully saturated rings. The average Bonchev–Trinajstić information content (AvgIpc) is 2.82. The summed E-state index contributed by atoms with van der Waals surface area (Å²) in [6.45, 7) is 3.37. The molecule has 0 radical (unpaired) electrons. The van der Waals surface area contributed by atoms with Crippen molar-refractivity contribution in [3.05, 3.63) is 58.2 Å². The average molecular weight is 473 g/mol. The number of hydrogen-bond acceptors (Lipinski definition) is 5. The second kappa shape index (κ2) is 11.1. The minimum atomic E-state index is -0.468. The Kier molecular flexibility index (Phi) is 8.22. The zero-order valence-corrected chi connectivity index (χ0v) is 20.1. The number of nitrogens with one attached hydrogen (secondary N) is 1. The SMILES string of the molecule is COc1ccc(C=C(NC(=O)c2ccccc2Cl)C(=O)N2CCCC(C)C2)c(OC)c1OC. The Hall–Kier alpha value is -3.19. The number of halogens is 1. The van der Waals surface area contributed by atoms with Gasteiger partial charge in [0.05, 0.1) is 31.9 Å². The highest BCUT2D eigenvalue weighted by atomic mass is 35.5. The topological polar surface area (TPSA) is 77.1 Å². The zero-order chi connectivity index (χ0) is 24.0. The Morgan fingerprint density at radius 2 is 1.79 bits per heavy atom. The van der Waals surface area contributed by atoms with E-state index in [-0.39, 0.29) is 17.2 Å². The fourth-order valence-electron chi connectivity index (χ4n) is 3.92. The lowest BCUT2D eigenvalue weighted by molar-refractivity contribution is -0.129. The van der Waals surface area contributed by atoms with Gasteiger partial charge >= 0.3 is 0 Å². The van der Waals surface area contributed by atoms with Crippen molar-refractivity contribution in [2.24, 2.45) is 5.92 Å². The molecule has 1 unspecified atom stereocenters. The van der Waals surface area contributed by atoms with Gasteiger partial charge in [-0.15, -0.1) is 0 Å².